The molecule has 0 aliphatic heterocycles. The highest BCUT2D eigenvalue weighted by Gasteiger charge is 2.13. The number of rotatable bonds is 4. The summed E-state index contributed by atoms with van der Waals surface area (Å²) in [5.41, 5.74) is 2.23. The van der Waals surface area contributed by atoms with E-state index in [4.69, 9.17) is 12.2 Å². The van der Waals surface area contributed by atoms with Crippen LogP contribution in [0.3, 0.4) is 0 Å². The monoisotopic (exact) mass is 316 g/mol. The third-order valence-electron chi connectivity index (χ3n) is 3.26. The van der Waals surface area contributed by atoms with Gasteiger partial charge in [-0.15, -0.1) is 0 Å². The molecule has 5 nitrogen and oxygen atoms in total. The zero-order chi connectivity index (χ0) is 15.5. The lowest BCUT2D eigenvalue weighted by Crippen LogP contribution is -2.26. The van der Waals surface area contributed by atoms with Crippen LogP contribution in [0.15, 0.2) is 36.7 Å². The van der Waals surface area contributed by atoms with E-state index in [-0.39, 0.29) is 11.5 Å². The number of amides is 1. The zero-order valence-electron chi connectivity index (χ0n) is 11.5. The number of aromatic nitrogens is 3. The van der Waals surface area contributed by atoms with Gasteiger partial charge in [-0.2, -0.15) is 0 Å². The highest BCUT2D eigenvalue weighted by atomic mass is 32.1. The van der Waals surface area contributed by atoms with Crippen LogP contribution in [0.25, 0.3) is 11.0 Å². The third kappa shape index (κ3) is 3.04. The van der Waals surface area contributed by atoms with E-state index in [1.165, 1.54) is 12.1 Å². The third-order valence-corrected chi connectivity index (χ3v) is 3.46. The van der Waals surface area contributed by atoms with Crippen LogP contribution in [0.1, 0.15) is 15.9 Å². The Bertz CT molecular complexity index is 872. The van der Waals surface area contributed by atoms with Gasteiger partial charge in [0, 0.05) is 18.9 Å². The normalized spacial score (nSPS) is 10.8. The van der Waals surface area contributed by atoms with Crippen molar-refractivity contribution in [1.29, 1.82) is 0 Å². The van der Waals surface area contributed by atoms with Gasteiger partial charge < -0.3 is 15.3 Å². The first-order chi connectivity index (χ1) is 10.6. The van der Waals surface area contributed by atoms with Crippen molar-refractivity contribution >= 4 is 29.2 Å². The summed E-state index contributed by atoms with van der Waals surface area (Å²) in [6, 6.07) is 6.27. The van der Waals surface area contributed by atoms with Crippen LogP contribution in [-0.4, -0.2) is 27.4 Å². The lowest BCUT2D eigenvalue weighted by molar-refractivity contribution is 0.0955. The van der Waals surface area contributed by atoms with Gasteiger partial charge in [-0.1, -0.05) is 6.07 Å². The number of nitrogens with zero attached hydrogens (tertiary/aromatic N) is 1. The van der Waals surface area contributed by atoms with Crippen molar-refractivity contribution in [2.24, 2.45) is 0 Å². The van der Waals surface area contributed by atoms with Crippen molar-refractivity contribution in [3.05, 3.63) is 58.4 Å². The van der Waals surface area contributed by atoms with Gasteiger partial charge >= 0.3 is 0 Å². The number of carbonyl (C=O) groups excluding carboxylic acids is 1. The summed E-state index contributed by atoms with van der Waals surface area (Å²) in [5.74, 6) is -0.839. The van der Waals surface area contributed by atoms with E-state index in [9.17, 15) is 9.18 Å². The molecule has 0 bridgehead atoms. The molecule has 3 N–H and O–H groups in total. The zero-order valence-corrected chi connectivity index (χ0v) is 12.3. The van der Waals surface area contributed by atoms with Crippen molar-refractivity contribution in [1.82, 2.24) is 20.3 Å². The molecule has 2 aromatic heterocycles. The molecular formula is C15H13FN4OS. The second-order valence-electron chi connectivity index (χ2n) is 4.82. The molecule has 0 radical (unpaired) electrons. The molecule has 112 valence electrons. The Morgan fingerprint density at radius 3 is 3.00 bits per heavy atom. The highest BCUT2D eigenvalue weighted by Crippen LogP contribution is 2.17. The molecule has 0 saturated heterocycles. The summed E-state index contributed by atoms with van der Waals surface area (Å²) in [6.07, 6.45) is 4.09. The maximum atomic E-state index is 13.6. The second-order valence-corrected chi connectivity index (χ2v) is 5.23. The van der Waals surface area contributed by atoms with Gasteiger partial charge in [-0.25, -0.2) is 4.39 Å². The Kier molecular flexibility index (Phi) is 3.97. The van der Waals surface area contributed by atoms with E-state index >= 15 is 0 Å². The standard InChI is InChI=1S/C15H13FN4OS/c16-10-6-11(13-12(7-10)19-15(22)20-13)14(21)18-5-3-9-2-1-4-17-8-9/h1-2,4,6-8H,3,5H2,(H,18,21)(H2,19,20,22). The van der Waals surface area contributed by atoms with Crippen molar-refractivity contribution in [2.75, 3.05) is 6.54 Å². The maximum Gasteiger partial charge on any atom is 0.253 e. The summed E-state index contributed by atoms with van der Waals surface area (Å²) >= 11 is 4.98. The minimum atomic E-state index is -0.491. The summed E-state index contributed by atoms with van der Waals surface area (Å²) < 4.78 is 13.9. The van der Waals surface area contributed by atoms with Crippen LogP contribution in [-0.2, 0) is 6.42 Å². The van der Waals surface area contributed by atoms with Gasteiger partial charge in [0.2, 0.25) is 0 Å². The molecule has 0 unspecified atom stereocenters. The van der Waals surface area contributed by atoms with Crippen LogP contribution in [0, 0.1) is 10.6 Å². The lowest BCUT2D eigenvalue weighted by atomic mass is 10.1. The van der Waals surface area contributed by atoms with Crippen molar-refractivity contribution in [3.63, 3.8) is 0 Å². The van der Waals surface area contributed by atoms with Gasteiger partial charge in [0.25, 0.3) is 5.91 Å². The van der Waals surface area contributed by atoms with Gasteiger partial charge in [0.05, 0.1) is 16.6 Å². The predicted molar refractivity (Wildman–Crippen MR) is 83.7 cm³/mol. The van der Waals surface area contributed by atoms with Crippen LogP contribution >= 0.6 is 12.2 Å². The minimum absolute atomic E-state index is 0.230. The number of halogens is 1. The van der Waals surface area contributed by atoms with Crippen molar-refractivity contribution in [2.45, 2.75) is 6.42 Å². The van der Waals surface area contributed by atoms with E-state index < -0.39 is 5.82 Å². The smallest absolute Gasteiger partial charge is 0.253 e. The SMILES string of the molecule is O=C(NCCc1cccnc1)c1cc(F)cc2[nH]c(=S)[nH]c12. The average Bonchev–Trinajstić information content (AvgIpc) is 2.87. The molecule has 0 atom stereocenters. The number of H-pyrrole nitrogens is 2. The van der Waals surface area contributed by atoms with Gasteiger partial charge in [0.15, 0.2) is 4.77 Å². The lowest BCUT2D eigenvalue weighted by Gasteiger charge is -2.06. The topological polar surface area (TPSA) is 73.6 Å². The number of hydrogen-bond donors (Lipinski definition) is 3. The predicted octanol–water partition coefficient (Wildman–Crippen LogP) is 2.73. The molecule has 0 aliphatic carbocycles. The molecule has 22 heavy (non-hydrogen) atoms. The number of carbonyl (C=O) groups is 1. The minimum Gasteiger partial charge on any atom is -0.352 e. The van der Waals surface area contributed by atoms with Crippen LogP contribution < -0.4 is 5.32 Å². The molecule has 7 heteroatoms. The Labute approximate surface area is 130 Å². The van der Waals surface area contributed by atoms with Crippen molar-refractivity contribution < 1.29 is 9.18 Å². The van der Waals surface area contributed by atoms with Gasteiger partial charge in [-0.05, 0) is 42.4 Å². The second kappa shape index (κ2) is 6.07. The van der Waals surface area contributed by atoms with E-state index in [1.54, 1.807) is 12.4 Å². The number of pyridine rings is 1. The molecule has 0 fully saturated rings. The Balaban J connectivity index is 1.76. The molecular weight excluding hydrogens is 303 g/mol. The molecule has 1 aromatic carbocycles. The Hall–Kier alpha value is -2.54. The van der Waals surface area contributed by atoms with E-state index in [0.29, 0.717) is 28.8 Å². The number of benzene rings is 1. The van der Waals surface area contributed by atoms with Crippen LogP contribution in [0.4, 0.5) is 4.39 Å². The molecule has 0 aliphatic rings. The highest BCUT2D eigenvalue weighted by molar-refractivity contribution is 7.71. The first-order valence-corrected chi connectivity index (χ1v) is 7.13. The fraction of sp³-hybridized carbons (Fsp3) is 0.133. The quantitative estimate of drug-likeness (QED) is 0.648. The summed E-state index contributed by atoms with van der Waals surface area (Å²) in [7, 11) is 0. The Morgan fingerprint density at radius 2 is 2.23 bits per heavy atom. The molecule has 2 heterocycles. The molecule has 3 rings (SSSR count). The maximum absolute atomic E-state index is 13.6. The number of imidazole rings is 1. The van der Waals surface area contributed by atoms with Gasteiger partial charge in [0.1, 0.15) is 5.82 Å². The fourth-order valence-electron chi connectivity index (χ4n) is 2.25. The first-order valence-electron chi connectivity index (χ1n) is 6.72. The number of aromatic amines is 2. The Morgan fingerprint density at radius 1 is 1.36 bits per heavy atom. The molecule has 0 saturated carbocycles. The average molecular weight is 316 g/mol. The van der Waals surface area contributed by atoms with E-state index in [2.05, 4.69) is 20.3 Å². The first kappa shape index (κ1) is 14.4. The van der Waals surface area contributed by atoms with Gasteiger partial charge in [-0.3, -0.25) is 9.78 Å². The van der Waals surface area contributed by atoms with Crippen LogP contribution in [0.5, 0.6) is 0 Å². The largest absolute Gasteiger partial charge is 0.352 e. The van der Waals surface area contributed by atoms with Crippen molar-refractivity contribution in [3.8, 4) is 0 Å². The number of fused-ring (bicyclic) bond motifs is 1. The fourth-order valence-corrected chi connectivity index (χ4v) is 2.46. The summed E-state index contributed by atoms with van der Waals surface area (Å²) in [6.45, 7) is 0.438. The molecule has 1 amide bonds. The van der Waals surface area contributed by atoms with E-state index in [1.807, 2.05) is 12.1 Å². The summed E-state index contributed by atoms with van der Waals surface area (Å²) in [5, 5.41) is 2.77. The summed E-state index contributed by atoms with van der Waals surface area (Å²) in [4.78, 5) is 21.9. The number of nitrogens with one attached hydrogen (secondary N) is 3. The van der Waals surface area contributed by atoms with Crippen LogP contribution in [0.2, 0.25) is 0 Å². The molecule has 0 spiro atoms. The molecule has 3 aromatic rings. The van der Waals surface area contributed by atoms with E-state index in [0.717, 1.165) is 5.56 Å². The number of hydrogen-bond acceptors (Lipinski definition) is 3.